The Balaban J connectivity index is 2.27. The van der Waals surface area contributed by atoms with Gasteiger partial charge in [-0.05, 0) is 35.6 Å². The fourth-order valence-electron chi connectivity index (χ4n) is 3.03. The van der Waals surface area contributed by atoms with Crippen molar-refractivity contribution in [3.8, 4) is 0 Å². The molecule has 0 fully saturated rings. The van der Waals surface area contributed by atoms with E-state index in [1.54, 1.807) is 0 Å². The lowest BCUT2D eigenvalue weighted by molar-refractivity contribution is 0.663. The van der Waals surface area contributed by atoms with Crippen molar-refractivity contribution in [2.75, 3.05) is 11.5 Å². The molecule has 4 N–H and O–H groups in total. The van der Waals surface area contributed by atoms with Crippen LogP contribution in [-0.4, -0.2) is 0 Å². The molecule has 0 spiro atoms. The summed E-state index contributed by atoms with van der Waals surface area (Å²) in [5.74, 6) is 0. The smallest absolute Gasteiger partial charge is 0.0414 e. The van der Waals surface area contributed by atoms with Gasteiger partial charge in [-0.15, -0.1) is 0 Å². The van der Waals surface area contributed by atoms with E-state index in [0.717, 1.165) is 23.4 Å². The maximum Gasteiger partial charge on any atom is 0.0414 e. The fourth-order valence-corrected chi connectivity index (χ4v) is 3.03. The van der Waals surface area contributed by atoms with Gasteiger partial charge in [-0.25, -0.2) is 0 Å². The molecule has 0 saturated heterocycles. The molecular formula is C17H26N2. The summed E-state index contributed by atoms with van der Waals surface area (Å²) in [5.41, 5.74) is 18.0. The first-order valence-corrected chi connectivity index (χ1v) is 7.38. The number of nitrogens with two attached hydrogens (primary N) is 2. The van der Waals surface area contributed by atoms with Crippen LogP contribution in [0.1, 0.15) is 63.1 Å². The second-order valence-electron chi connectivity index (χ2n) is 6.19. The van der Waals surface area contributed by atoms with Gasteiger partial charge in [0.1, 0.15) is 0 Å². The van der Waals surface area contributed by atoms with Crippen molar-refractivity contribution in [1.82, 2.24) is 0 Å². The van der Waals surface area contributed by atoms with Gasteiger partial charge in [-0.3, -0.25) is 0 Å². The van der Waals surface area contributed by atoms with Crippen LogP contribution >= 0.6 is 0 Å². The molecule has 2 heteroatoms. The van der Waals surface area contributed by atoms with Crippen LogP contribution < -0.4 is 11.5 Å². The van der Waals surface area contributed by atoms with Crippen LogP contribution in [0.25, 0.3) is 6.08 Å². The van der Waals surface area contributed by atoms with E-state index in [1.807, 2.05) is 0 Å². The van der Waals surface area contributed by atoms with Crippen LogP contribution in [0.3, 0.4) is 0 Å². The molecule has 0 aliphatic heterocycles. The first-order valence-electron chi connectivity index (χ1n) is 7.38. The van der Waals surface area contributed by atoms with E-state index in [-0.39, 0.29) is 5.41 Å². The minimum absolute atomic E-state index is 0.0330. The van der Waals surface area contributed by atoms with Crippen LogP contribution in [-0.2, 0) is 11.8 Å². The largest absolute Gasteiger partial charge is 0.398 e. The molecule has 1 aliphatic carbocycles. The van der Waals surface area contributed by atoms with E-state index in [0.29, 0.717) is 0 Å². The van der Waals surface area contributed by atoms with E-state index >= 15 is 0 Å². The molecule has 2 rings (SSSR count). The first-order chi connectivity index (χ1) is 8.97. The van der Waals surface area contributed by atoms with Gasteiger partial charge in [0.05, 0.1) is 0 Å². The highest BCUT2D eigenvalue weighted by Gasteiger charge is 2.29. The molecule has 0 amide bonds. The van der Waals surface area contributed by atoms with Crippen LogP contribution in [0.5, 0.6) is 0 Å². The second-order valence-corrected chi connectivity index (χ2v) is 6.19. The molecule has 19 heavy (non-hydrogen) atoms. The van der Waals surface area contributed by atoms with E-state index in [4.69, 9.17) is 11.5 Å². The number of fused-ring (bicyclic) bond motifs is 1. The van der Waals surface area contributed by atoms with Crippen molar-refractivity contribution < 1.29 is 0 Å². The molecule has 0 radical (unpaired) electrons. The van der Waals surface area contributed by atoms with Crippen molar-refractivity contribution in [3.63, 3.8) is 0 Å². The van der Waals surface area contributed by atoms with E-state index in [2.05, 4.69) is 39.0 Å². The number of rotatable bonds is 5. The maximum atomic E-state index is 6.41. The van der Waals surface area contributed by atoms with Crippen LogP contribution in [0.2, 0.25) is 0 Å². The predicted molar refractivity (Wildman–Crippen MR) is 85.2 cm³/mol. The van der Waals surface area contributed by atoms with Crippen LogP contribution in [0.4, 0.5) is 11.4 Å². The standard InChI is InChI=1S/C17H26N2/c1-4-5-6-7-8-13-14(18)11-12-9-10-17(2,3)15(12)16(13)19/h9-11H,4-8,18-19H2,1-3H3. The van der Waals surface area contributed by atoms with Crippen molar-refractivity contribution in [3.05, 3.63) is 28.8 Å². The van der Waals surface area contributed by atoms with Gasteiger partial charge >= 0.3 is 0 Å². The average Bonchev–Trinajstić information content (AvgIpc) is 2.63. The lowest BCUT2D eigenvalue weighted by Crippen LogP contribution is -2.16. The molecule has 0 aromatic heterocycles. The summed E-state index contributed by atoms with van der Waals surface area (Å²) in [4.78, 5) is 0. The first kappa shape index (κ1) is 14.0. The molecule has 1 aromatic rings. The number of benzene rings is 1. The number of allylic oxidation sites excluding steroid dienone is 1. The summed E-state index contributed by atoms with van der Waals surface area (Å²) in [6.07, 6.45) is 10.3. The van der Waals surface area contributed by atoms with E-state index in [1.165, 1.54) is 36.8 Å². The van der Waals surface area contributed by atoms with Gasteiger partial charge < -0.3 is 11.5 Å². The third kappa shape index (κ3) is 2.63. The zero-order chi connectivity index (χ0) is 14.0. The quantitative estimate of drug-likeness (QED) is 0.612. The van der Waals surface area contributed by atoms with Gasteiger partial charge in [0.15, 0.2) is 0 Å². The monoisotopic (exact) mass is 258 g/mol. The molecule has 0 saturated carbocycles. The number of anilines is 2. The fraction of sp³-hybridized carbons (Fsp3) is 0.529. The highest BCUT2D eigenvalue weighted by atomic mass is 14.6. The van der Waals surface area contributed by atoms with Crippen molar-refractivity contribution >= 4 is 17.5 Å². The minimum atomic E-state index is 0.0330. The van der Waals surface area contributed by atoms with E-state index in [9.17, 15) is 0 Å². The Morgan fingerprint density at radius 1 is 1.11 bits per heavy atom. The summed E-state index contributed by atoms with van der Waals surface area (Å²) in [5, 5.41) is 0. The normalized spacial score (nSPS) is 15.7. The number of unbranched alkanes of at least 4 members (excludes halogenated alkanes) is 3. The Morgan fingerprint density at radius 3 is 2.53 bits per heavy atom. The third-order valence-electron chi connectivity index (χ3n) is 4.15. The highest BCUT2D eigenvalue weighted by molar-refractivity contribution is 5.79. The second kappa shape index (κ2) is 5.28. The van der Waals surface area contributed by atoms with Gasteiger partial charge in [-0.1, -0.05) is 52.2 Å². The SMILES string of the molecule is CCCCCCc1c(N)cc2c(c1N)C(C)(C)C=C2. The topological polar surface area (TPSA) is 52.0 Å². The minimum Gasteiger partial charge on any atom is -0.398 e. The highest BCUT2D eigenvalue weighted by Crippen LogP contribution is 2.42. The Labute approximate surface area is 116 Å². The Bertz CT molecular complexity index is 498. The summed E-state index contributed by atoms with van der Waals surface area (Å²) < 4.78 is 0. The van der Waals surface area contributed by atoms with Gasteiger partial charge in [0.25, 0.3) is 0 Å². The Morgan fingerprint density at radius 2 is 1.84 bits per heavy atom. The molecule has 1 aliphatic rings. The van der Waals surface area contributed by atoms with Gasteiger partial charge in [0.2, 0.25) is 0 Å². The lowest BCUT2D eigenvalue weighted by atomic mass is 9.83. The molecule has 0 bridgehead atoms. The molecular weight excluding hydrogens is 232 g/mol. The molecule has 104 valence electrons. The predicted octanol–water partition coefficient (Wildman–Crippen LogP) is 4.28. The summed E-state index contributed by atoms with van der Waals surface area (Å²) in [6.45, 7) is 6.65. The van der Waals surface area contributed by atoms with Crippen LogP contribution in [0.15, 0.2) is 12.1 Å². The molecule has 0 atom stereocenters. The molecule has 1 aromatic carbocycles. The zero-order valence-corrected chi connectivity index (χ0v) is 12.4. The summed E-state index contributed by atoms with van der Waals surface area (Å²) >= 11 is 0. The van der Waals surface area contributed by atoms with E-state index < -0.39 is 0 Å². The Kier molecular flexibility index (Phi) is 3.88. The average molecular weight is 258 g/mol. The summed E-state index contributed by atoms with van der Waals surface area (Å²) in [7, 11) is 0. The zero-order valence-electron chi connectivity index (χ0n) is 12.4. The summed E-state index contributed by atoms with van der Waals surface area (Å²) in [6, 6.07) is 2.09. The van der Waals surface area contributed by atoms with Gasteiger partial charge in [-0.2, -0.15) is 0 Å². The maximum absolute atomic E-state index is 6.41. The Hall–Kier alpha value is -1.44. The van der Waals surface area contributed by atoms with Crippen molar-refractivity contribution in [1.29, 1.82) is 0 Å². The van der Waals surface area contributed by atoms with Crippen LogP contribution in [0, 0.1) is 0 Å². The number of hydrogen-bond donors (Lipinski definition) is 2. The molecule has 2 nitrogen and oxygen atoms in total. The third-order valence-corrected chi connectivity index (χ3v) is 4.15. The lowest BCUT2D eigenvalue weighted by Gasteiger charge is -2.23. The van der Waals surface area contributed by atoms with Crippen molar-refractivity contribution in [2.24, 2.45) is 0 Å². The number of nitrogen functional groups attached to an aromatic ring is 2. The molecule has 0 unspecified atom stereocenters. The molecule has 0 heterocycles. The van der Waals surface area contributed by atoms with Crippen molar-refractivity contribution in [2.45, 2.75) is 58.3 Å². The van der Waals surface area contributed by atoms with Gasteiger partial charge in [0, 0.05) is 16.8 Å². The number of hydrogen-bond acceptors (Lipinski definition) is 2.